The van der Waals surface area contributed by atoms with Gasteiger partial charge in [0.25, 0.3) is 0 Å². The molecule has 3 heteroatoms. The van der Waals surface area contributed by atoms with Crippen LogP contribution in [0.4, 0.5) is 4.39 Å². The lowest BCUT2D eigenvalue weighted by Crippen LogP contribution is -2.06. The fourth-order valence-corrected chi connectivity index (χ4v) is 1.45. The van der Waals surface area contributed by atoms with Crippen LogP contribution < -0.4 is 5.73 Å². The molecule has 0 saturated heterocycles. The molecule has 3 N–H and O–H groups in total. The van der Waals surface area contributed by atoms with Gasteiger partial charge in [0.05, 0.1) is 6.04 Å². The van der Waals surface area contributed by atoms with Gasteiger partial charge in [-0.05, 0) is 18.2 Å². The summed E-state index contributed by atoms with van der Waals surface area (Å²) >= 11 is 0. The molecule has 0 unspecified atom stereocenters. The number of rotatable bonds is 2. The van der Waals surface area contributed by atoms with E-state index in [-0.39, 0.29) is 11.9 Å². The summed E-state index contributed by atoms with van der Waals surface area (Å²) in [5, 5.41) is 0.569. The van der Waals surface area contributed by atoms with Crippen LogP contribution in [0.25, 0.3) is 10.9 Å². The highest BCUT2D eigenvalue weighted by atomic mass is 19.1. The number of nitrogens with one attached hydrogen (secondary N) is 1. The molecule has 2 aromatic rings. The van der Waals surface area contributed by atoms with Crippen molar-refractivity contribution in [2.45, 2.75) is 6.04 Å². The van der Waals surface area contributed by atoms with E-state index in [0.29, 0.717) is 5.39 Å². The lowest BCUT2D eigenvalue weighted by atomic mass is 10.2. The molecule has 1 aromatic carbocycles. The third-order valence-electron chi connectivity index (χ3n) is 2.24. The molecular formula is C11H11FN2. The van der Waals surface area contributed by atoms with Gasteiger partial charge in [0.2, 0.25) is 0 Å². The first-order valence-corrected chi connectivity index (χ1v) is 4.37. The number of fused-ring (bicyclic) bond motifs is 1. The maximum atomic E-state index is 13.3. The predicted octanol–water partition coefficient (Wildman–Crippen LogP) is 2.49. The molecule has 0 aliphatic carbocycles. The third kappa shape index (κ3) is 1.32. The van der Waals surface area contributed by atoms with Gasteiger partial charge in [0.15, 0.2) is 0 Å². The molecule has 1 atom stereocenters. The Hall–Kier alpha value is -1.61. The Morgan fingerprint density at radius 1 is 1.50 bits per heavy atom. The number of aromatic amines is 1. The molecule has 2 rings (SSSR count). The maximum absolute atomic E-state index is 13.3. The smallest absolute Gasteiger partial charge is 0.132 e. The molecule has 1 aromatic heterocycles. The molecule has 0 aliphatic rings. The van der Waals surface area contributed by atoms with Gasteiger partial charge in [0.1, 0.15) is 5.82 Å². The number of aromatic nitrogens is 1. The van der Waals surface area contributed by atoms with Crippen LogP contribution in [0.1, 0.15) is 11.7 Å². The standard InChI is InChI=1S/C11H11FN2/c1-2-9(13)11-6-7-8(12)4-3-5-10(7)14-11/h2-6,9,14H,1,13H2/t9-/m0/s1. The van der Waals surface area contributed by atoms with Crippen LogP contribution in [0.3, 0.4) is 0 Å². The third-order valence-corrected chi connectivity index (χ3v) is 2.24. The van der Waals surface area contributed by atoms with Gasteiger partial charge in [0, 0.05) is 16.6 Å². The van der Waals surface area contributed by atoms with Crippen molar-refractivity contribution >= 4 is 10.9 Å². The number of hydrogen-bond acceptors (Lipinski definition) is 1. The Morgan fingerprint density at radius 2 is 2.29 bits per heavy atom. The van der Waals surface area contributed by atoms with Crippen molar-refractivity contribution in [3.8, 4) is 0 Å². The van der Waals surface area contributed by atoms with Crippen LogP contribution in [0.15, 0.2) is 36.9 Å². The fraction of sp³-hybridized carbons (Fsp3) is 0.0909. The van der Waals surface area contributed by atoms with Gasteiger partial charge in [-0.25, -0.2) is 4.39 Å². The van der Waals surface area contributed by atoms with Gasteiger partial charge in [-0.1, -0.05) is 12.1 Å². The highest BCUT2D eigenvalue weighted by Gasteiger charge is 2.08. The number of halogens is 1. The largest absolute Gasteiger partial charge is 0.357 e. The fourth-order valence-electron chi connectivity index (χ4n) is 1.45. The number of nitrogens with two attached hydrogens (primary N) is 1. The summed E-state index contributed by atoms with van der Waals surface area (Å²) in [5.41, 5.74) is 7.28. The maximum Gasteiger partial charge on any atom is 0.132 e. The molecule has 0 amide bonds. The van der Waals surface area contributed by atoms with E-state index in [1.54, 1.807) is 18.2 Å². The van der Waals surface area contributed by atoms with E-state index < -0.39 is 0 Å². The highest BCUT2D eigenvalue weighted by molar-refractivity contribution is 5.81. The zero-order valence-electron chi connectivity index (χ0n) is 7.63. The monoisotopic (exact) mass is 190 g/mol. The molecule has 72 valence electrons. The van der Waals surface area contributed by atoms with Gasteiger partial charge in [-0.3, -0.25) is 0 Å². The molecular weight excluding hydrogens is 179 g/mol. The average Bonchev–Trinajstić information content (AvgIpc) is 2.62. The first-order valence-electron chi connectivity index (χ1n) is 4.37. The predicted molar refractivity (Wildman–Crippen MR) is 55.4 cm³/mol. The quantitative estimate of drug-likeness (QED) is 0.702. The molecule has 0 saturated carbocycles. The first kappa shape index (κ1) is 8.97. The lowest BCUT2D eigenvalue weighted by Gasteiger charge is -2.00. The second-order valence-electron chi connectivity index (χ2n) is 3.19. The number of hydrogen-bond donors (Lipinski definition) is 2. The van der Waals surface area contributed by atoms with Crippen molar-refractivity contribution in [1.82, 2.24) is 4.98 Å². The summed E-state index contributed by atoms with van der Waals surface area (Å²) in [7, 11) is 0. The zero-order chi connectivity index (χ0) is 10.1. The Bertz CT molecular complexity index is 473. The molecule has 0 radical (unpaired) electrons. The second-order valence-corrected chi connectivity index (χ2v) is 3.19. The number of H-pyrrole nitrogens is 1. The van der Waals surface area contributed by atoms with E-state index in [1.165, 1.54) is 6.07 Å². The van der Waals surface area contributed by atoms with E-state index in [9.17, 15) is 4.39 Å². The molecule has 0 spiro atoms. The summed E-state index contributed by atoms with van der Waals surface area (Å²) in [4.78, 5) is 3.05. The van der Waals surface area contributed by atoms with E-state index in [1.807, 2.05) is 6.07 Å². The van der Waals surface area contributed by atoms with Crippen LogP contribution >= 0.6 is 0 Å². The minimum atomic E-state index is -0.276. The van der Waals surface area contributed by atoms with E-state index >= 15 is 0 Å². The molecule has 2 nitrogen and oxygen atoms in total. The van der Waals surface area contributed by atoms with Crippen molar-refractivity contribution in [1.29, 1.82) is 0 Å². The van der Waals surface area contributed by atoms with E-state index in [0.717, 1.165) is 11.2 Å². The minimum Gasteiger partial charge on any atom is -0.357 e. The summed E-state index contributed by atoms with van der Waals surface area (Å²) < 4.78 is 13.3. The van der Waals surface area contributed by atoms with Crippen molar-refractivity contribution < 1.29 is 4.39 Å². The lowest BCUT2D eigenvalue weighted by molar-refractivity contribution is 0.640. The minimum absolute atomic E-state index is 0.235. The summed E-state index contributed by atoms with van der Waals surface area (Å²) in [6.45, 7) is 3.59. The molecule has 0 bridgehead atoms. The first-order chi connectivity index (χ1) is 6.72. The van der Waals surface area contributed by atoms with E-state index in [4.69, 9.17) is 5.73 Å². The highest BCUT2D eigenvalue weighted by Crippen LogP contribution is 2.21. The molecule has 14 heavy (non-hydrogen) atoms. The molecule has 1 heterocycles. The Balaban J connectivity index is 2.62. The van der Waals surface area contributed by atoms with Crippen LogP contribution in [0.2, 0.25) is 0 Å². The van der Waals surface area contributed by atoms with Gasteiger partial charge < -0.3 is 10.7 Å². The second kappa shape index (κ2) is 3.27. The van der Waals surface area contributed by atoms with E-state index in [2.05, 4.69) is 11.6 Å². The SMILES string of the molecule is C=C[C@H](N)c1cc2c(F)cccc2[nH]1. The Labute approximate surface area is 81.2 Å². The van der Waals surface area contributed by atoms with Crippen molar-refractivity contribution in [2.75, 3.05) is 0 Å². The zero-order valence-corrected chi connectivity index (χ0v) is 7.63. The van der Waals surface area contributed by atoms with Crippen LogP contribution in [-0.2, 0) is 0 Å². The molecule has 0 aliphatic heterocycles. The summed E-state index contributed by atoms with van der Waals surface area (Å²) in [6.07, 6.45) is 1.61. The molecule has 0 fully saturated rings. The van der Waals surface area contributed by atoms with Crippen LogP contribution in [-0.4, -0.2) is 4.98 Å². The topological polar surface area (TPSA) is 41.8 Å². The summed E-state index contributed by atoms with van der Waals surface area (Å²) in [6, 6.07) is 6.35. The normalized spacial score (nSPS) is 13.0. The van der Waals surface area contributed by atoms with Crippen LogP contribution in [0.5, 0.6) is 0 Å². The van der Waals surface area contributed by atoms with Gasteiger partial charge in [-0.2, -0.15) is 0 Å². The van der Waals surface area contributed by atoms with Crippen molar-refractivity contribution in [3.05, 3.63) is 48.4 Å². The van der Waals surface area contributed by atoms with Crippen LogP contribution in [0, 0.1) is 5.82 Å². The van der Waals surface area contributed by atoms with Gasteiger partial charge in [-0.15, -0.1) is 6.58 Å². The van der Waals surface area contributed by atoms with Gasteiger partial charge >= 0.3 is 0 Å². The Kier molecular flexibility index (Phi) is 2.09. The average molecular weight is 190 g/mol. The van der Waals surface area contributed by atoms with Crippen molar-refractivity contribution in [3.63, 3.8) is 0 Å². The summed E-state index contributed by atoms with van der Waals surface area (Å²) in [5.74, 6) is -0.235. The number of benzene rings is 1. The van der Waals surface area contributed by atoms with Crippen molar-refractivity contribution in [2.24, 2.45) is 5.73 Å². The Morgan fingerprint density at radius 3 is 2.93 bits per heavy atom.